The van der Waals surface area contributed by atoms with Gasteiger partial charge in [-0.1, -0.05) is 18.2 Å². The Morgan fingerprint density at radius 1 is 1.13 bits per heavy atom. The average Bonchev–Trinajstić information content (AvgIpc) is 2.93. The van der Waals surface area contributed by atoms with Crippen molar-refractivity contribution >= 4 is 38.6 Å². The van der Waals surface area contributed by atoms with Gasteiger partial charge >= 0.3 is 5.97 Å². The summed E-state index contributed by atoms with van der Waals surface area (Å²) in [6.45, 7) is 2.76. The van der Waals surface area contributed by atoms with Crippen molar-refractivity contribution in [1.29, 1.82) is 0 Å². The van der Waals surface area contributed by atoms with Gasteiger partial charge in [0.05, 0.1) is 34.9 Å². The van der Waals surface area contributed by atoms with Crippen molar-refractivity contribution in [2.24, 2.45) is 0 Å². The second-order valence-electron chi connectivity index (χ2n) is 9.59. The number of pyridine rings is 2. The van der Waals surface area contributed by atoms with Crippen molar-refractivity contribution in [1.82, 2.24) is 9.97 Å². The highest BCUT2D eigenvalue weighted by molar-refractivity contribution is 7.84. The minimum Gasteiger partial charge on any atom is -0.493 e. The van der Waals surface area contributed by atoms with E-state index < -0.39 is 16.8 Å². The van der Waals surface area contributed by atoms with Gasteiger partial charge in [0.1, 0.15) is 12.4 Å². The zero-order chi connectivity index (χ0) is 27.1. The van der Waals surface area contributed by atoms with Crippen LogP contribution in [0.1, 0.15) is 22.3 Å². The molecule has 7 nitrogen and oxygen atoms in total. The Morgan fingerprint density at radius 2 is 1.97 bits per heavy atom. The number of carboxylic acids is 1. The van der Waals surface area contributed by atoms with Crippen molar-refractivity contribution in [2.75, 3.05) is 12.9 Å². The molecular formula is C31H26N2O5S. The number of ether oxygens (including phenoxy) is 2. The third kappa shape index (κ3) is 4.61. The summed E-state index contributed by atoms with van der Waals surface area (Å²) in [5, 5.41) is 11.6. The molecule has 1 aliphatic rings. The zero-order valence-electron chi connectivity index (χ0n) is 21.6. The van der Waals surface area contributed by atoms with Crippen molar-refractivity contribution in [2.45, 2.75) is 31.3 Å². The summed E-state index contributed by atoms with van der Waals surface area (Å²) < 4.78 is 24.1. The predicted octanol–water partition coefficient (Wildman–Crippen LogP) is 5.64. The molecule has 0 aliphatic carbocycles. The highest BCUT2D eigenvalue weighted by atomic mass is 32.2. The van der Waals surface area contributed by atoms with E-state index in [1.54, 1.807) is 18.5 Å². The molecular weight excluding hydrogens is 512 g/mol. The number of hydrogen-bond donors (Lipinski definition) is 1. The molecule has 196 valence electrons. The number of fused-ring (bicyclic) bond motifs is 1. The average molecular weight is 539 g/mol. The van der Waals surface area contributed by atoms with E-state index in [9.17, 15) is 14.1 Å². The van der Waals surface area contributed by atoms with Gasteiger partial charge in [-0.2, -0.15) is 0 Å². The molecule has 2 aromatic heterocycles. The molecule has 1 aliphatic heterocycles. The Bertz CT molecular complexity index is 1790. The predicted molar refractivity (Wildman–Crippen MR) is 151 cm³/mol. The Labute approximate surface area is 227 Å². The molecule has 1 atom stereocenters. The summed E-state index contributed by atoms with van der Waals surface area (Å²) in [4.78, 5) is 22.2. The second-order valence-corrected chi connectivity index (χ2v) is 10.9. The SMILES string of the molecule is Cc1cc2nc(OCc3ccccc3S(C)=O)ccc2c(-c2ccc3c4c(ccnc24)CCO3)c1CC(=O)O. The Morgan fingerprint density at radius 3 is 2.79 bits per heavy atom. The fraction of sp³-hybridized carbons (Fsp3) is 0.194. The summed E-state index contributed by atoms with van der Waals surface area (Å²) in [7, 11) is -1.13. The third-order valence-corrected chi connectivity index (χ3v) is 8.14. The van der Waals surface area contributed by atoms with Gasteiger partial charge in [-0.05, 0) is 65.6 Å². The van der Waals surface area contributed by atoms with E-state index in [1.807, 2.05) is 61.5 Å². The maximum absolute atomic E-state index is 12.1. The molecule has 1 unspecified atom stereocenters. The van der Waals surface area contributed by atoms with Gasteiger partial charge in [-0.15, -0.1) is 0 Å². The lowest BCUT2D eigenvalue weighted by Crippen LogP contribution is -2.10. The van der Waals surface area contributed by atoms with Crippen LogP contribution in [0.3, 0.4) is 0 Å². The van der Waals surface area contributed by atoms with E-state index in [1.165, 1.54) is 5.56 Å². The molecule has 0 fully saturated rings. The first-order valence-corrected chi connectivity index (χ1v) is 14.2. The quantitative estimate of drug-likeness (QED) is 0.286. The molecule has 5 aromatic rings. The third-order valence-electron chi connectivity index (χ3n) is 7.12. The van der Waals surface area contributed by atoms with Gasteiger partial charge in [-0.25, -0.2) is 4.98 Å². The highest BCUT2D eigenvalue weighted by Gasteiger charge is 2.22. The molecule has 0 spiro atoms. The van der Waals surface area contributed by atoms with Crippen LogP contribution in [0.4, 0.5) is 0 Å². The maximum atomic E-state index is 12.1. The number of rotatable bonds is 7. The van der Waals surface area contributed by atoms with E-state index in [4.69, 9.17) is 19.4 Å². The number of aliphatic carboxylic acids is 1. The van der Waals surface area contributed by atoms with Crippen molar-refractivity contribution < 1.29 is 23.6 Å². The van der Waals surface area contributed by atoms with E-state index in [2.05, 4.69) is 0 Å². The van der Waals surface area contributed by atoms with Crippen LogP contribution in [0.5, 0.6) is 11.6 Å². The molecule has 8 heteroatoms. The first kappa shape index (κ1) is 25.0. The fourth-order valence-corrected chi connectivity index (χ4v) is 6.12. The summed E-state index contributed by atoms with van der Waals surface area (Å²) >= 11 is 0. The molecule has 0 saturated heterocycles. The molecule has 0 radical (unpaired) electrons. The number of benzene rings is 3. The largest absolute Gasteiger partial charge is 0.493 e. The molecule has 0 saturated carbocycles. The molecule has 3 aromatic carbocycles. The van der Waals surface area contributed by atoms with Crippen LogP contribution in [-0.4, -0.2) is 38.1 Å². The van der Waals surface area contributed by atoms with E-state index in [0.29, 0.717) is 18.0 Å². The number of nitrogens with zero attached hydrogens (tertiary/aromatic N) is 2. The van der Waals surface area contributed by atoms with E-state index >= 15 is 0 Å². The topological polar surface area (TPSA) is 98.6 Å². The minimum absolute atomic E-state index is 0.125. The first-order valence-electron chi connectivity index (χ1n) is 12.6. The van der Waals surface area contributed by atoms with Crippen molar-refractivity contribution in [3.63, 3.8) is 0 Å². The Balaban J connectivity index is 1.50. The molecule has 0 bridgehead atoms. The number of carboxylic acid groups (broad SMARTS) is 1. The van der Waals surface area contributed by atoms with Crippen LogP contribution in [0, 0.1) is 6.92 Å². The van der Waals surface area contributed by atoms with Crippen LogP contribution in [0.15, 0.2) is 71.8 Å². The summed E-state index contributed by atoms with van der Waals surface area (Å²) in [5.41, 5.74) is 6.69. The minimum atomic E-state index is -1.13. The zero-order valence-corrected chi connectivity index (χ0v) is 22.4. The lowest BCUT2D eigenvalue weighted by molar-refractivity contribution is -0.136. The van der Waals surface area contributed by atoms with Crippen molar-refractivity contribution in [3.05, 3.63) is 89.1 Å². The molecule has 1 N–H and O–H groups in total. The Kier molecular flexibility index (Phi) is 6.48. The molecule has 39 heavy (non-hydrogen) atoms. The van der Waals surface area contributed by atoms with Gasteiger partial charge in [0.2, 0.25) is 5.88 Å². The highest BCUT2D eigenvalue weighted by Crippen LogP contribution is 2.42. The van der Waals surface area contributed by atoms with Crippen LogP contribution < -0.4 is 9.47 Å². The number of carbonyl (C=O) groups is 1. The normalized spacial score (nSPS) is 13.3. The lowest BCUT2D eigenvalue weighted by Gasteiger charge is -2.21. The van der Waals surface area contributed by atoms with Gasteiger partial charge in [0.25, 0.3) is 0 Å². The summed E-state index contributed by atoms with van der Waals surface area (Å²) in [6.07, 6.45) is 4.12. The number of hydrogen-bond acceptors (Lipinski definition) is 6. The molecule has 6 rings (SSSR count). The molecule has 3 heterocycles. The van der Waals surface area contributed by atoms with Gasteiger partial charge in [0, 0.05) is 51.7 Å². The van der Waals surface area contributed by atoms with Gasteiger partial charge in [-0.3, -0.25) is 14.0 Å². The standard InChI is InChI=1S/C31H26N2O5S/c1-18-15-24-21(8-10-27(33-24)38-17-20-5-3-4-6-26(20)39(2)36)30(23(18)16-28(34)35)22-7-9-25-29-19(12-14-37-25)11-13-32-31(22)29/h3-11,13,15H,12,14,16-17H2,1-2H3,(H,34,35). The van der Waals surface area contributed by atoms with Crippen molar-refractivity contribution in [3.8, 4) is 22.8 Å². The fourth-order valence-electron chi connectivity index (χ4n) is 5.36. The van der Waals surface area contributed by atoms with Crippen LogP contribution in [-0.2, 0) is 35.0 Å². The van der Waals surface area contributed by atoms with E-state index in [-0.39, 0.29) is 13.0 Å². The molecule has 0 amide bonds. The van der Waals surface area contributed by atoms with Gasteiger partial charge < -0.3 is 14.6 Å². The second kappa shape index (κ2) is 10.1. The van der Waals surface area contributed by atoms with Crippen LogP contribution in [0.25, 0.3) is 32.9 Å². The Hall–Kier alpha value is -4.30. The number of aryl methyl sites for hydroxylation is 1. The monoisotopic (exact) mass is 538 g/mol. The van der Waals surface area contributed by atoms with E-state index in [0.717, 1.165) is 61.2 Å². The lowest BCUT2D eigenvalue weighted by atomic mass is 9.88. The van der Waals surface area contributed by atoms with Gasteiger partial charge in [0.15, 0.2) is 0 Å². The summed E-state index contributed by atoms with van der Waals surface area (Å²) in [5.74, 6) is 0.318. The maximum Gasteiger partial charge on any atom is 0.307 e. The summed E-state index contributed by atoms with van der Waals surface area (Å²) in [6, 6.07) is 19.0. The smallest absolute Gasteiger partial charge is 0.307 e. The number of aromatic nitrogens is 2. The van der Waals surface area contributed by atoms with Crippen LogP contribution in [0.2, 0.25) is 0 Å². The van der Waals surface area contributed by atoms with Crippen LogP contribution >= 0.6 is 0 Å². The first-order chi connectivity index (χ1) is 18.9.